The van der Waals surface area contributed by atoms with E-state index in [4.69, 9.17) is 4.74 Å². The monoisotopic (exact) mass is 478 g/mol. The highest BCUT2D eigenvalue weighted by Gasteiger charge is 2.34. The Morgan fingerprint density at radius 2 is 2.06 bits per heavy atom. The van der Waals surface area contributed by atoms with E-state index in [1.807, 2.05) is 39.2 Å². The van der Waals surface area contributed by atoms with Gasteiger partial charge in [-0.2, -0.15) is 0 Å². The summed E-state index contributed by atoms with van der Waals surface area (Å²) in [6.45, 7) is 5.44. The summed E-state index contributed by atoms with van der Waals surface area (Å²) in [5.74, 6) is -0.391. The van der Waals surface area contributed by atoms with E-state index in [0.29, 0.717) is 36.3 Å². The molecular weight excluding hydrogens is 447 g/mol. The van der Waals surface area contributed by atoms with Crippen LogP contribution in [0.4, 0.5) is 4.39 Å². The van der Waals surface area contributed by atoms with E-state index in [1.165, 1.54) is 12.1 Å². The molecule has 0 radical (unpaired) electrons. The van der Waals surface area contributed by atoms with E-state index in [2.05, 4.69) is 14.9 Å². The standard InChI is InChI=1S/C27H31FN4O3/c1-18-14-32(19(2)17-33)27(34)24-11-22(21-7-4-8-23(28)10-21)13-30-26(24)35-25(18)16-31(3)15-20-6-5-9-29-12-20/h4-13,18-19,25,33H,14-17H2,1-3H3/t18-,19+,25+/m0/s1. The predicted molar refractivity (Wildman–Crippen MR) is 131 cm³/mol. The van der Waals surface area contributed by atoms with Crippen LogP contribution < -0.4 is 4.74 Å². The number of pyridine rings is 2. The quantitative estimate of drug-likeness (QED) is 0.559. The molecule has 184 valence electrons. The highest BCUT2D eigenvalue weighted by Crippen LogP contribution is 2.30. The normalized spacial score (nSPS) is 19.0. The Morgan fingerprint density at radius 1 is 1.23 bits per heavy atom. The highest BCUT2D eigenvalue weighted by molar-refractivity contribution is 5.98. The molecule has 0 fully saturated rings. The Hall–Kier alpha value is -3.36. The summed E-state index contributed by atoms with van der Waals surface area (Å²) in [5.41, 5.74) is 2.64. The van der Waals surface area contributed by atoms with Crippen LogP contribution in [-0.4, -0.2) is 69.7 Å². The van der Waals surface area contributed by atoms with E-state index in [1.54, 1.807) is 35.5 Å². The van der Waals surface area contributed by atoms with Gasteiger partial charge in [0.05, 0.1) is 12.6 Å². The van der Waals surface area contributed by atoms with Crippen molar-refractivity contribution in [3.63, 3.8) is 0 Å². The number of ether oxygens (including phenoxy) is 1. The Bertz CT molecular complexity index is 1160. The van der Waals surface area contributed by atoms with E-state index in [-0.39, 0.29) is 42.3 Å². The summed E-state index contributed by atoms with van der Waals surface area (Å²) in [7, 11) is 2.02. The number of amides is 1. The number of nitrogens with zero attached hydrogens (tertiary/aromatic N) is 4. The summed E-state index contributed by atoms with van der Waals surface area (Å²) in [4.78, 5) is 26.1. The fourth-order valence-corrected chi connectivity index (χ4v) is 4.32. The van der Waals surface area contributed by atoms with Gasteiger partial charge in [-0.25, -0.2) is 9.37 Å². The number of hydrogen-bond acceptors (Lipinski definition) is 6. The summed E-state index contributed by atoms with van der Waals surface area (Å²) in [6, 6.07) is 11.4. The maximum Gasteiger partial charge on any atom is 0.259 e. The van der Waals surface area contributed by atoms with Crippen molar-refractivity contribution in [3.8, 4) is 17.0 Å². The van der Waals surface area contributed by atoms with Crippen LogP contribution in [0.5, 0.6) is 5.88 Å². The van der Waals surface area contributed by atoms with Gasteiger partial charge in [0, 0.05) is 49.7 Å². The SMILES string of the molecule is C[C@H](CO)N1C[C@H](C)[C@@H](CN(C)Cc2cccnc2)Oc2ncc(-c3cccc(F)c3)cc2C1=O. The molecule has 1 amide bonds. The van der Waals surface area contributed by atoms with Gasteiger partial charge in [0.2, 0.25) is 5.88 Å². The fraction of sp³-hybridized carbons (Fsp3) is 0.370. The number of carbonyl (C=O) groups is 1. The average Bonchev–Trinajstić information content (AvgIpc) is 2.86. The molecule has 0 unspecified atom stereocenters. The first-order valence-electron chi connectivity index (χ1n) is 11.8. The molecule has 2 aromatic heterocycles. The van der Waals surface area contributed by atoms with Gasteiger partial charge < -0.3 is 14.7 Å². The Balaban J connectivity index is 1.66. The molecule has 35 heavy (non-hydrogen) atoms. The van der Waals surface area contributed by atoms with Crippen LogP contribution >= 0.6 is 0 Å². The number of fused-ring (bicyclic) bond motifs is 1. The molecule has 1 aromatic carbocycles. The molecule has 7 nitrogen and oxygen atoms in total. The third-order valence-corrected chi connectivity index (χ3v) is 6.35. The lowest BCUT2D eigenvalue weighted by atomic mass is 9.99. The summed E-state index contributed by atoms with van der Waals surface area (Å²) >= 11 is 0. The minimum absolute atomic E-state index is 0.0119. The zero-order chi connectivity index (χ0) is 24.9. The van der Waals surface area contributed by atoms with Crippen molar-refractivity contribution in [2.24, 2.45) is 5.92 Å². The fourth-order valence-electron chi connectivity index (χ4n) is 4.32. The lowest BCUT2D eigenvalue weighted by Gasteiger charge is -2.37. The van der Waals surface area contributed by atoms with Gasteiger partial charge in [-0.15, -0.1) is 0 Å². The van der Waals surface area contributed by atoms with Crippen LogP contribution in [-0.2, 0) is 6.54 Å². The molecule has 8 heteroatoms. The van der Waals surface area contributed by atoms with E-state index in [9.17, 15) is 14.3 Å². The average molecular weight is 479 g/mol. The minimum atomic E-state index is -0.373. The van der Waals surface area contributed by atoms with Crippen LogP contribution in [0.15, 0.2) is 61.1 Å². The van der Waals surface area contributed by atoms with Gasteiger partial charge in [-0.05, 0) is 49.4 Å². The van der Waals surface area contributed by atoms with E-state index in [0.717, 1.165) is 5.56 Å². The third kappa shape index (κ3) is 5.83. The second-order valence-electron chi connectivity index (χ2n) is 9.27. The topological polar surface area (TPSA) is 78.8 Å². The summed E-state index contributed by atoms with van der Waals surface area (Å²) in [5, 5.41) is 9.84. The van der Waals surface area contributed by atoms with Crippen molar-refractivity contribution in [1.82, 2.24) is 19.8 Å². The Labute approximate surface area is 205 Å². The molecule has 1 N–H and O–H groups in total. The van der Waals surface area contributed by atoms with Gasteiger partial charge in [-0.3, -0.25) is 14.7 Å². The molecule has 0 bridgehead atoms. The first kappa shape index (κ1) is 24.8. The Morgan fingerprint density at radius 3 is 2.77 bits per heavy atom. The highest BCUT2D eigenvalue weighted by atomic mass is 19.1. The van der Waals surface area contributed by atoms with E-state index < -0.39 is 0 Å². The molecule has 3 atom stereocenters. The first-order chi connectivity index (χ1) is 16.9. The van der Waals surface area contributed by atoms with Gasteiger partial charge >= 0.3 is 0 Å². The molecule has 3 heterocycles. The van der Waals surface area contributed by atoms with Gasteiger partial charge in [0.1, 0.15) is 17.5 Å². The van der Waals surface area contributed by atoms with Crippen molar-refractivity contribution < 1.29 is 19.0 Å². The Kier molecular flexibility index (Phi) is 7.73. The third-order valence-electron chi connectivity index (χ3n) is 6.35. The number of aliphatic hydroxyl groups excluding tert-OH is 1. The smallest absolute Gasteiger partial charge is 0.259 e. The minimum Gasteiger partial charge on any atom is -0.472 e. The van der Waals surface area contributed by atoms with Crippen LogP contribution in [0.1, 0.15) is 29.8 Å². The molecule has 0 aliphatic carbocycles. The van der Waals surface area contributed by atoms with Crippen LogP contribution in [0, 0.1) is 11.7 Å². The molecule has 0 spiro atoms. The van der Waals surface area contributed by atoms with Gasteiger partial charge in [0.15, 0.2) is 0 Å². The lowest BCUT2D eigenvalue weighted by Crippen LogP contribution is -2.49. The van der Waals surface area contributed by atoms with Crippen molar-refractivity contribution in [2.75, 3.05) is 26.7 Å². The molecule has 3 aromatic rings. The van der Waals surface area contributed by atoms with E-state index >= 15 is 0 Å². The summed E-state index contributed by atoms with van der Waals surface area (Å²) in [6.07, 6.45) is 4.94. The van der Waals surface area contributed by atoms with Crippen LogP contribution in [0.25, 0.3) is 11.1 Å². The lowest BCUT2D eigenvalue weighted by molar-refractivity contribution is 0.0325. The number of aromatic nitrogens is 2. The molecule has 4 rings (SSSR count). The van der Waals surface area contributed by atoms with Crippen molar-refractivity contribution in [1.29, 1.82) is 0 Å². The number of likely N-dealkylation sites (N-methyl/N-ethyl adjacent to an activating group) is 1. The number of carbonyl (C=O) groups excluding carboxylic acids is 1. The molecule has 1 aliphatic rings. The van der Waals surface area contributed by atoms with Crippen LogP contribution in [0.2, 0.25) is 0 Å². The number of aliphatic hydroxyl groups is 1. The number of benzene rings is 1. The maximum absolute atomic E-state index is 13.8. The molecular formula is C27H31FN4O3. The second-order valence-corrected chi connectivity index (χ2v) is 9.27. The maximum atomic E-state index is 13.8. The predicted octanol–water partition coefficient (Wildman–Crippen LogP) is 3.63. The molecule has 0 saturated heterocycles. The molecule has 1 aliphatic heterocycles. The zero-order valence-electron chi connectivity index (χ0n) is 20.3. The van der Waals surface area contributed by atoms with Crippen molar-refractivity contribution in [2.45, 2.75) is 32.5 Å². The number of halogens is 1. The molecule has 0 saturated carbocycles. The number of hydrogen-bond donors (Lipinski definition) is 1. The first-order valence-corrected chi connectivity index (χ1v) is 11.8. The largest absolute Gasteiger partial charge is 0.472 e. The van der Waals surface area contributed by atoms with Gasteiger partial charge in [0.25, 0.3) is 5.91 Å². The number of rotatable bonds is 7. The van der Waals surface area contributed by atoms with Crippen molar-refractivity contribution in [3.05, 3.63) is 78.0 Å². The summed E-state index contributed by atoms with van der Waals surface area (Å²) < 4.78 is 20.2. The van der Waals surface area contributed by atoms with Crippen molar-refractivity contribution >= 4 is 5.91 Å². The second kappa shape index (κ2) is 10.9. The zero-order valence-corrected chi connectivity index (χ0v) is 20.3. The van der Waals surface area contributed by atoms with Gasteiger partial charge in [-0.1, -0.05) is 25.1 Å². The van der Waals surface area contributed by atoms with Crippen LogP contribution in [0.3, 0.4) is 0 Å².